The van der Waals surface area contributed by atoms with Crippen LogP contribution in [0.4, 0.5) is 0 Å². The molecule has 2 N–H and O–H groups in total. The number of aliphatic hydroxyl groups excluding tert-OH is 1. The molecule has 3 nitrogen and oxygen atoms in total. The third kappa shape index (κ3) is 4.48. The first-order valence-electron chi connectivity index (χ1n) is 5.89. The Bertz CT molecular complexity index is 382. The lowest BCUT2D eigenvalue weighted by atomic mass is 10.1. The molecular formula is C13H17Cl2NO2. The number of nitrogens with one attached hydrogen (secondary N) is 1. The number of halogens is 2. The average molecular weight is 290 g/mol. The Morgan fingerprint density at radius 3 is 2.56 bits per heavy atom. The van der Waals surface area contributed by atoms with E-state index in [4.69, 9.17) is 23.2 Å². The molecule has 100 valence electrons. The summed E-state index contributed by atoms with van der Waals surface area (Å²) in [5.74, 6) is -0.398. The summed E-state index contributed by atoms with van der Waals surface area (Å²) < 4.78 is -1.36. The maximum atomic E-state index is 11.8. The van der Waals surface area contributed by atoms with Crippen molar-refractivity contribution in [2.24, 2.45) is 0 Å². The fraction of sp³-hybridized carbons (Fsp3) is 0.462. The molecule has 1 aromatic rings. The van der Waals surface area contributed by atoms with E-state index in [1.165, 1.54) is 0 Å². The van der Waals surface area contributed by atoms with Gasteiger partial charge < -0.3 is 10.4 Å². The van der Waals surface area contributed by atoms with Gasteiger partial charge in [-0.05, 0) is 18.6 Å². The third-order valence-corrected chi connectivity index (χ3v) is 3.36. The highest BCUT2D eigenvalue weighted by molar-refractivity contribution is 6.48. The van der Waals surface area contributed by atoms with Crippen molar-refractivity contribution in [3.63, 3.8) is 0 Å². The van der Waals surface area contributed by atoms with Gasteiger partial charge in [-0.3, -0.25) is 4.79 Å². The van der Waals surface area contributed by atoms with E-state index in [0.29, 0.717) is 12.0 Å². The zero-order valence-corrected chi connectivity index (χ0v) is 11.7. The van der Waals surface area contributed by atoms with Crippen LogP contribution in [0, 0.1) is 0 Å². The molecule has 1 amide bonds. The minimum absolute atomic E-state index is 0.398. The van der Waals surface area contributed by atoms with E-state index >= 15 is 0 Å². The van der Waals surface area contributed by atoms with Crippen LogP contribution in [-0.4, -0.2) is 21.6 Å². The predicted molar refractivity (Wildman–Crippen MR) is 73.9 cm³/mol. The Kier molecular flexibility index (Phi) is 5.93. The van der Waals surface area contributed by atoms with Crippen LogP contribution < -0.4 is 5.32 Å². The lowest BCUT2D eigenvalue weighted by Gasteiger charge is -2.26. The molecule has 0 fully saturated rings. The number of alkyl halides is 2. The monoisotopic (exact) mass is 289 g/mol. The van der Waals surface area contributed by atoms with E-state index in [9.17, 15) is 9.90 Å². The van der Waals surface area contributed by atoms with Gasteiger partial charge in [-0.1, -0.05) is 61.2 Å². The number of carbonyl (C=O) groups is 1. The van der Waals surface area contributed by atoms with E-state index in [1.807, 2.05) is 13.0 Å². The summed E-state index contributed by atoms with van der Waals surface area (Å²) in [5, 5.41) is 12.2. The molecule has 0 saturated carbocycles. The standard InChI is InChI=1S/C13H17Cl2NO2/c1-2-3-9-13(14,15)12(18)16-11(17)10-7-5-4-6-8-10/h4-8,12,18H,2-3,9H2,1H3,(H,16,17). The second-order valence-electron chi connectivity index (χ2n) is 4.11. The Morgan fingerprint density at radius 1 is 1.39 bits per heavy atom. The summed E-state index contributed by atoms with van der Waals surface area (Å²) in [6.45, 7) is 2.00. The van der Waals surface area contributed by atoms with E-state index in [0.717, 1.165) is 12.8 Å². The maximum Gasteiger partial charge on any atom is 0.253 e. The van der Waals surface area contributed by atoms with Crippen molar-refractivity contribution in [3.8, 4) is 0 Å². The Balaban J connectivity index is 2.59. The number of carbonyl (C=O) groups excluding carboxylic acids is 1. The Morgan fingerprint density at radius 2 is 2.00 bits per heavy atom. The number of aliphatic hydroxyl groups is 1. The average Bonchev–Trinajstić information content (AvgIpc) is 2.37. The molecule has 5 heteroatoms. The van der Waals surface area contributed by atoms with E-state index in [-0.39, 0.29) is 0 Å². The molecule has 0 radical (unpaired) electrons. The van der Waals surface area contributed by atoms with Crippen molar-refractivity contribution in [2.45, 2.75) is 36.7 Å². The van der Waals surface area contributed by atoms with Crippen molar-refractivity contribution in [1.29, 1.82) is 0 Å². The number of hydrogen-bond acceptors (Lipinski definition) is 2. The number of rotatable bonds is 6. The fourth-order valence-electron chi connectivity index (χ4n) is 1.45. The maximum absolute atomic E-state index is 11.8. The van der Waals surface area contributed by atoms with Gasteiger partial charge in [0.1, 0.15) is 0 Å². The SMILES string of the molecule is CCCCC(Cl)(Cl)C(O)NC(=O)c1ccccc1. The van der Waals surface area contributed by atoms with Crippen LogP contribution in [0.2, 0.25) is 0 Å². The molecule has 0 heterocycles. The van der Waals surface area contributed by atoms with E-state index in [1.54, 1.807) is 24.3 Å². The van der Waals surface area contributed by atoms with Crippen LogP contribution >= 0.6 is 23.2 Å². The number of unbranched alkanes of at least 4 members (excludes halogenated alkanes) is 1. The van der Waals surface area contributed by atoms with Gasteiger partial charge in [0.25, 0.3) is 5.91 Å². The quantitative estimate of drug-likeness (QED) is 0.625. The summed E-state index contributed by atoms with van der Waals surface area (Å²) in [6.07, 6.45) is 0.828. The summed E-state index contributed by atoms with van der Waals surface area (Å²) in [6, 6.07) is 8.60. The van der Waals surface area contributed by atoms with Crippen LogP contribution in [-0.2, 0) is 0 Å². The van der Waals surface area contributed by atoms with Crippen LogP contribution in [0.5, 0.6) is 0 Å². The Hall–Kier alpha value is -0.770. The minimum Gasteiger partial charge on any atom is -0.371 e. The van der Waals surface area contributed by atoms with Crippen molar-refractivity contribution >= 4 is 29.1 Å². The predicted octanol–water partition coefficient (Wildman–Crippen LogP) is 3.10. The van der Waals surface area contributed by atoms with Crippen LogP contribution in [0.15, 0.2) is 30.3 Å². The van der Waals surface area contributed by atoms with Crippen LogP contribution in [0.3, 0.4) is 0 Å². The number of hydrogen-bond donors (Lipinski definition) is 2. The van der Waals surface area contributed by atoms with Crippen LogP contribution in [0.25, 0.3) is 0 Å². The molecule has 1 unspecified atom stereocenters. The highest BCUT2D eigenvalue weighted by Crippen LogP contribution is 2.30. The van der Waals surface area contributed by atoms with Gasteiger partial charge in [-0.2, -0.15) is 0 Å². The van der Waals surface area contributed by atoms with Gasteiger partial charge >= 0.3 is 0 Å². The van der Waals surface area contributed by atoms with Crippen LogP contribution in [0.1, 0.15) is 36.5 Å². The highest BCUT2D eigenvalue weighted by Gasteiger charge is 2.34. The molecule has 0 bridgehead atoms. The van der Waals surface area contributed by atoms with Crippen molar-refractivity contribution < 1.29 is 9.90 Å². The van der Waals surface area contributed by atoms with Gasteiger partial charge in [0.15, 0.2) is 10.6 Å². The topological polar surface area (TPSA) is 49.3 Å². The highest BCUT2D eigenvalue weighted by atomic mass is 35.5. The zero-order valence-electron chi connectivity index (χ0n) is 10.2. The molecule has 0 aromatic heterocycles. The summed E-state index contributed by atoms with van der Waals surface area (Å²) in [4.78, 5) is 11.8. The van der Waals surface area contributed by atoms with E-state index < -0.39 is 16.5 Å². The largest absolute Gasteiger partial charge is 0.371 e. The molecule has 0 aliphatic carbocycles. The molecule has 0 saturated heterocycles. The van der Waals surface area contributed by atoms with Crippen molar-refractivity contribution in [3.05, 3.63) is 35.9 Å². The first-order valence-corrected chi connectivity index (χ1v) is 6.64. The zero-order chi connectivity index (χ0) is 13.6. The molecule has 0 aliphatic heterocycles. The molecule has 1 aromatic carbocycles. The second-order valence-corrected chi connectivity index (χ2v) is 5.65. The molecule has 1 atom stereocenters. The number of benzene rings is 1. The van der Waals surface area contributed by atoms with Gasteiger partial charge in [0, 0.05) is 5.56 Å². The molecule has 18 heavy (non-hydrogen) atoms. The van der Waals surface area contributed by atoms with Crippen molar-refractivity contribution in [2.75, 3.05) is 0 Å². The Labute approximate surface area is 117 Å². The summed E-state index contributed by atoms with van der Waals surface area (Å²) in [5.41, 5.74) is 0.455. The smallest absolute Gasteiger partial charge is 0.253 e. The normalized spacial score (nSPS) is 13.1. The van der Waals surface area contributed by atoms with Gasteiger partial charge in [-0.25, -0.2) is 0 Å². The van der Waals surface area contributed by atoms with E-state index in [2.05, 4.69) is 5.32 Å². The molecule has 1 rings (SSSR count). The van der Waals surface area contributed by atoms with Gasteiger partial charge in [0.05, 0.1) is 0 Å². The van der Waals surface area contributed by atoms with Gasteiger partial charge in [-0.15, -0.1) is 0 Å². The molecule has 0 aliphatic rings. The summed E-state index contributed by atoms with van der Waals surface area (Å²) in [7, 11) is 0. The summed E-state index contributed by atoms with van der Waals surface area (Å²) >= 11 is 12.0. The fourth-order valence-corrected chi connectivity index (χ4v) is 1.83. The lowest BCUT2D eigenvalue weighted by Crippen LogP contribution is -2.46. The first-order chi connectivity index (χ1) is 8.47. The van der Waals surface area contributed by atoms with Gasteiger partial charge in [0.2, 0.25) is 0 Å². The molecular weight excluding hydrogens is 273 g/mol. The minimum atomic E-state index is -1.36. The second kappa shape index (κ2) is 6.98. The third-order valence-electron chi connectivity index (χ3n) is 2.57. The molecule has 0 spiro atoms. The lowest BCUT2D eigenvalue weighted by molar-refractivity contribution is 0.0733. The number of amides is 1. The van der Waals surface area contributed by atoms with Crippen molar-refractivity contribution in [1.82, 2.24) is 5.32 Å². The first kappa shape index (κ1) is 15.3.